The molecule has 0 bridgehead atoms. The molecule has 0 radical (unpaired) electrons. The van der Waals surface area contributed by atoms with Crippen molar-refractivity contribution in [1.29, 1.82) is 0 Å². The standard InChI is InChI=1S/C10H9BrF2O2/c1-6(14)7-2-3-9(8(11)4-7)15-5-10(12)13/h2-4,10H,5H2,1H3. The third-order valence-corrected chi connectivity index (χ3v) is 2.32. The Morgan fingerprint density at radius 2 is 2.20 bits per heavy atom. The molecular weight excluding hydrogens is 270 g/mol. The summed E-state index contributed by atoms with van der Waals surface area (Å²) in [5.41, 5.74) is 0.506. The first kappa shape index (κ1) is 12.1. The lowest BCUT2D eigenvalue weighted by Gasteiger charge is -2.08. The predicted octanol–water partition coefficient (Wildman–Crippen LogP) is 3.30. The van der Waals surface area contributed by atoms with Gasteiger partial charge in [-0.25, -0.2) is 8.78 Å². The van der Waals surface area contributed by atoms with Gasteiger partial charge in [-0.3, -0.25) is 4.79 Å². The molecule has 2 nitrogen and oxygen atoms in total. The monoisotopic (exact) mass is 278 g/mol. The second kappa shape index (κ2) is 5.21. The lowest BCUT2D eigenvalue weighted by atomic mass is 10.1. The van der Waals surface area contributed by atoms with Gasteiger partial charge < -0.3 is 4.74 Å². The molecule has 0 saturated carbocycles. The number of ketones is 1. The zero-order valence-corrected chi connectivity index (χ0v) is 9.55. The first-order chi connectivity index (χ1) is 7.00. The number of rotatable bonds is 4. The summed E-state index contributed by atoms with van der Waals surface area (Å²) in [4.78, 5) is 11.0. The van der Waals surface area contributed by atoms with Gasteiger partial charge in [-0.05, 0) is 41.1 Å². The number of carbonyl (C=O) groups is 1. The van der Waals surface area contributed by atoms with E-state index in [-0.39, 0.29) is 5.78 Å². The zero-order chi connectivity index (χ0) is 11.4. The van der Waals surface area contributed by atoms with E-state index in [2.05, 4.69) is 15.9 Å². The Hall–Kier alpha value is -0.970. The molecule has 5 heteroatoms. The van der Waals surface area contributed by atoms with E-state index in [1.165, 1.54) is 19.1 Å². The molecule has 0 saturated heterocycles. The van der Waals surface area contributed by atoms with Crippen molar-refractivity contribution in [2.45, 2.75) is 13.3 Å². The van der Waals surface area contributed by atoms with Crippen LogP contribution in [0.3, 0.4) is 0 Å². The highest BCUT2D eigenvalue weighted by Crippen LogP contribution is 2.26. The molecule has 0 unspecified atom stereocenters. The van der Waals surface area contributed by atoms with Crippen LogP contribution in [0.5, 0.6) is 5.75 Å². The summed E-state index contributed by atoms with van der Waals surface area (Å²) in [5.74, 6) is 0.219. The first-order valence-electron chi connectivity index (χ1n) is 4.22. The maximum Gasteiger partial charge on any atom is 0.272 e. The molecule has 0 fully saturated rings. The predicted molar refractivity (Wildman–Crippen MR) is 55.6 cm³/mol. The molecule has 0 atom stereocenters. The minimum atomic E-state index is -2.51. The van der Waals surface area contributed by atoms with E-state index in [0.717, 1.165) is 0 Å². The third-order valence-electron chi connectivity index (χ3n) is 1.70. The van der Waals surface area contributed by atoms with E-state index in [1.54, 1.807) is 6.07 Å². The van der Waals surface area contributed by atoms with Crippen LogP contribution in [0, 0.1) is 0 Å². The summed E-state index contributed by atoms with van der Waals surface area (Å²) in [7, 11) is 0. The highest BCUT2D eigenvalue weighted by Gasteiger charge is 2.08. The molecule has 0 heterocycles. The topological polar surface area (TPSA) is 26.3 Å². The van der Waals surface area contributed by atoms with Crippen LogP contribution in [0.4, 0.5) is 8.78 Å². The lowest BCUT2D eigenvalue weighted by Crippen LogP contribution is -2.07. The van der Waals surface area contributed by atoms with Crippen molar-refractivity contribution in [2.75, 3.05) is 6.61 Å². The van der Waals surface area contributed by atoms with Crippen LogP contribution in [0.1, 0.15) is 17.3 Å². The molecule has 0 spiro atoms. The Kier molecular flexibility index (Phi) is 4.20. The molecule has 1 aromatic carbocycles. The Labute approximate surface area is 94.4 Å². The van der Waals surface area contributed by atoms with Crippen molar-refractivity contribution in [3.63, 3.8) is 0 Å². The average Bonchev–Trinajstić information content (AvgIpc) is 2.15. The van der Waals surface area contributed by atoms with Gasteiger partial charge in [0.1, 0.15) is 12.4 Å². The number of benzene rings is 1. The summed E-state index contributed by atoms with van der Waals surface area (Å²) >= 11 is 3.14. The lowest BCUT2D eigenvalue weighted by molar-refractivity contribution is 0.0814. The third kappa shape index (κ3) is 3.58. The van der Waals surface area contributed by atoms with Crippen molar-refractivity contribution in [1.82, 2.24) is 0 Å². The largest absolute Gasteiger partial charge is 0.486 e. The van der Waals surface area contributed by atoms with Crippen LogP contribution in [0.2, 0.25) is 0 Å². The Balaban J connectivity index is 2.79. The number of Topliss-reactive ketones (excluding diaryl/α,β-unsaturated/α-hetero) is 1. The summed E-state index contributed by atoms with van der Waals surface area (Å²) in [6.45, 7) is 0.777. The van der Waals surface area contributed by atoms with Crippen molar-refractivity contribution in [2.24, 2.45) is 0 Å². The van der Waals surface area contributed by atoms with Crippen LogP contribution >= 0.6 is 15.9 Å². The summed E-state index contributed by atoms with van der Waals surface area (Å²) in [6, 6.07) is 4.57. The number of ether oxygens (including phenoxy) is 1. The first-order valence-corrected chi connectivity index (χ1v) is 5.01. The molecule has 82 valence electrons. The number of hydrogen-bond donors (Lipinski definition) is 0. The van der Waals surface area contributed by atoms with Gasteiger partial charge in [0.05, 0.1) is 4.47 Å². The van der Waals surface area contributed by atoms with Crippen molar-refractivity contribution in [3.05, 3.63) is 28.2 Å². The minimum absolute atomic E-state index is 0.0869. The summed E-state index contributed by atoms with van der Waals surface area (Å²) < 4.78 is 29.1. The Morgan fingerprint density at radius 3 is 2.67 bits per heavy atom. The van der Waals surface area contributed by atoms with E-state index in [4.69, 9.17) is 4.74 Å². The highest BCUT2D eigenvalue weighted by atomic mass is 79.9. The van der Waals surface area contributed by atoms with Gasteiger partial charge in [-0.2, -0.15) is 0 Å². The van der Waals surface area contributed by atoms with Crippen molar-refractivity contribution >= 4 is 21.7 Å². The molecule has 0 N–H and O–H groups in total. The number of hydrogen-bond acceptors (Lipinski definition) is 2. The summed E-state index contributed by atoms with van der Waals surface area (Å²) in [5, 5.41) is 0. The summed E-state index contributed by atoms with van der Waals surface area (Å²) in [6.07, 6.45) is -2.51. The molecule has 0 aliphatic carbocycles. The fourth-order valence-electron chi connectivity index (χ4n) is 0.990. The van der Waals surface area contributed by atoms with E-state index < -0.39 is 13.0 Å². The molecule has 0 amide bonds. The van der Waals surface area contributed by atoms with E-state index >= 15 is 0 Å². The van der Waals surface area contributed by atoms with Crippen LogP contribution in [0.15, 0.2) is 22.7 Å². The second-order valence-corrected chi connectivity index (χ2v) is 3.76. The van der Waals surface area contributed by atoms with Crippen LogP contribution < -0.4 is 4.74 Å². The van der Waals surface area contributed by atoms with Gasteiger partial charge >= 0.3 is 0 Å². The van der Waals surface area contributed by atoms with Gasteiger partial charge in [-0.15, -0.1) is 0 Å². The SMILES string of the molecule is CC(=O)c1ccc(OCC(F)F)c(Br)c1. The van der Waals surface area contributed by atoms with E-state index in [9.17, 15) is 13.6 Å². The fraction of sp³-hybridized carbons (Fsp3) is 0.300. The number of alkyl halides is 2. The van der Waals surface area contributed by atoms with Gasteiger partial charge in [0.15, 0.2) is 5.78 Å². The smallest absolute Gasteiger partial charge is 0.272 e. The molecule has 0 aliphatic rings. The molecular formula is C10H9BrF2O2. The maximum atomic E-state index is 11.9. The molecule has 1 rings (SSSR count). The van der Waals surface area contributed by atoms with E-state index in [1.807, 2.05) is 0 Å². The van der Waals surface area contributed by atoms with Crippen LogP contribution in [-0.2, 0) is 0 Å². The van der Waals surface area contributed by atoms with Crippen LogP contribution in [-0.4, -0.2) is 18.8 Å². The quantitative estimate of drug-likeness (QED) is 0.790. The fourth-order valence-corrected chi connectivity index (χ4v) is 1.48. The average molecular weight is 279 g/mol. The Bertz CT molecular complexity index is 366. The maximum absolute atomic E-state index is 11.9. The van der Waals surface area contributed by atoms with Gasteiger partial charge in [-0.1, -0.05) is 0 Å². The van der Waals surface area contributed by atoms with Gasteiger partial charge in [0.2, 0.25) is 0 Å². The molecule has 0 aromatic heterocycles. The minimum Gasteiger partial charge on any atom is -0.486 e. The normalized spacial score (nSPS) is 10.5. The Morgan fingerprint density at radius 1 is 1.53 bits per heavy atom. The molecule has 1 aromatic rings. The number of carbonyl (C=O) groups excluding carboxylic acids is 1. The van der Waals surface area contributed by atoms with Crippen molar-refractivity contribution in [3.8, 4) is 5.75 Å². The van der Waals surface area contributed by atoms with E-state index in [0.29, 0.717) is 15.8 Å². The van der Waals surface area contributed by atoms with Gasteiger partial charge in [0.25, 0.3) is 6.43 Å². The second-order valence-electron chi connectivity index (χ2n) is 2.90. The van der Waals surface area contributed by atoms with Crippen molar-refractivity contribution < 1.29 is 18.3 Å². The highest BCUT2D eigenvalue weighted by molar-refractivity contribution is 9.10. The molecule has 15 heavy (non-hydrogen) atoms. The zero-order valence-electron chi connectivity index (χ0n) is 7.97. The van der Waals surface area contributed by atoms with Gasteiger partial charge in [0, 0.05) is 5.56 Å². The van der Waals surface area contributed by atoms with Crippen LogP contribution in [0.25, 0.3) is 0 Å². The number of halogens is 3. The molecule has 0 aliphatic heterocycles.